The topological polar surface area (TPSA) is 205 Å². The normalized spacial score (nSPS) is 34.7. The zero-order valence-corrected chi connectivity index (χ0v) is 48.9. The van der Waals surface area contributed by atoms with E-state index in [-0.39, 0.29) is 37.3 Å². The van der Waals surface area contributed by atoms with E-state index < -0.39 is 101 Å². The van der Waals surface area contributed by atoms with E-state index >= 15 is 4.79 Å². The quantitative estimate of drug-likeness (QED) is 0.162. The summed E-state index contributed by atoms with van der Waals surface area (Å²) >= 11 is 14.8. The molecule has 5 heterocycles. The molecule has 0 radical (unpaired) electrons. The third-order valence-corrected chi connectivity index (χ3v) is 18.9. The Kier molecular flexibility index (Phi) is 20.8. The lowest BCUT2D eigenvalue weighted by Crippen LogP contribution is -2.62. The molecule has 4 aliphatic heterocycles. The van der Waals surface area contributed by atoms with Crippen molar-refractivity contribution >= 4 is 64.4 Å². The number of pyridine rings is 1. The highest BCUT2D eigenvalue weighted by Crippen LogP contribution is 2.49. The van der Waals surface area contributed by atoms with Gasteiger partial charge in [-0.1, -0.05) is 50.9 Å². The highest BCUT2D eigenvalue weighted by atomic mass is 35.5. The molecule has 1 aromatic carbocycles. The maximum absolute atomic E-state index is 15.3. The molecule has 77 heavy (non-hydrogen) atoms. The number of halogens is 2. The first-order chi connectivity index (χ1) is 36.6. The summed E-state index contributed by atoms with van der Waals surface area (Å²) in [6.45, 7) is 16.4. The van der Waals surface area contributed by atoms with E-state index in [2.05, 4.69) is 9.88 Å². The number of thioether (sulfide) groups is 1. The van der Waals surface area contributed by atoms with E-state index in [0.717, 1.165) is 31.4 Å². The molecule has 430 valence electrons. The van der Waals surface area contributed by atoms with Crippen LogP contribution in [0.5, 0.6) is 11.5 Å². The van der Waals surface area contributed by atoms with E-state index in [1.54, 1.807) is 73.0 Å². The molecule has 5 fully saturated rings. The van der Waals surface area contributed by atoms with Crippen LogP contribution in [-0.4, -0.2) is 174 Å². The van der Waals surface area contributed by atoms with Gasteiger partial charge in [0.15, 0.2) is 23.4 Å². The number of likely N-dealkylation sites (N-methyl/N-ethyl adjacent to an activating group) is 1. The minimum absolute atomic E-state index is 0.0676. The molecule has 5 aliphatic rings. The van der Waals surface area contributed by atoms with Crippen LogP contribution >= 0.6 is 35.0 Å². The second-order valence-electron chi connectivity index (χ2n) is 22.2. The summed E-state index contributed by atoms with van der Waals surface area (Å²) in [4.78, 5) is 67.4. The first kappa shape index (κ1) is 61.0. The average Bonchev–Trinajstić information content (AvgIpc) is 4.07. The third kappa shape index (κ3) is 13.4. The maximum atomic E-state index is 15.3. The predicted molar refractivity (Wildman–Crippen MR) is 292 cm³/mol. The number of urea groups is 1. The number of carbonyl (C=O) groups is 4. The number of aliphatic hydroxyl groups is 2. The van der Waals surface area contributed by atoms with Gasteiger partial charge in [0.2, 0.25) is 0 Å². The van der Waals surface area contributed by atoms with Crippen molar-refractivity contribution in [3.8, 4) is 11.5 Å². The maximum Gasteiger partial charge on any atom is 0.320 e. The Balaban J connectivity index is 1.18. The summed E-state index contributed by atoms with van der Waals surface area (Å²) in [5.74, 6) is -4.22. The van der Waals surface area contributed by atoms with Gasteiger partial charge >= 0.3 is 18.0 Å². The molecule has 2 unspecified atom stereocenters. The molecule has 1 aromatic heterocycles. The van der Waals surface area contributed by atoms with Crippen molar-refractivity contribution in [2.75, 3.05) is 64.8 Å². The van der Waals surface area contributed by atoms with E-state index in [4.69, 9.17) is 61.1 Å². The number of fused-ring (bicyclic) bond motifs is 1. The number of aliphatic hydroxyl groups excluding tert-OH is 2. The second kappa shape index (κ2) is 26.3. The van der Waals surface area contributed by atoms with Gasteiger partial charge in [-0.15, -0.1) is 11.8 Å². The summed E-state index contributed by atoms with van der Waals surface area (Å²) in [6.07, 6.45) is 1.27. The Hall–Kier alpha value is -3.66. The number of esters is 2. The van der Waals surface area contributed by atoms with Crippen LogP contribution < -0.4 is 14.4 Å². The van der Waals surface area contributed by atoms with Gasteiger partial charge < -0.3 is 62.8 Å². The van der Waals surface area contributed by atoms with Gasteiger partial charge in [-0.05, 0) is 84.8 Å². The fourth-order valence-corrected chi connectivity index (χ4v) is 14.4. The lowest BCUT2D eigenvalue weighted by molar-refractivity contribution is -0.300. The van der Waals surface area contributed by atoms with Gasteiger partial charge in [0, 0.05) is 99.5 Å². The predicted octanol–water partition coefficient (Wildman–Crippen LogP) is 8.00. The minimum Gasteiger partial charge on any atom is -0.493 e. The Morgan fingerprint density at radius 2 is 1.62 bits per heavy atom. The number of cyclic esters (lactones) is 1. The molecule has 2 aromatic rings. The monoisotopic (exact) mass is 1140 g/mol. The number of morpholine rings is 1. The molecular weight excluding hydrogens is 1060 g/mol. The van der Waals surface area contributed by atoms with E-state index in [1.165, 1.54) is 23.8 Å². The summed E-state index contributed by atoms with van der Waals surface area (Å²) in [6, 6.07) is 4.79. The zero-order chi connectivity index (χ0) is 56.1. The van der Waals surface area contributed by atoms with Crippen LogP contribution in [0.2, 0.25) is 10.0 Å². The molecule has 0 spiro atoms. The lowest BCUT2D eigenvalue weighted by Gasteiger charge is -2.48. The Labute approximate surface area is 468 Å². The molecule has 21 heteroatoms. The molecule has 0 bridgehead atoms. The van der Waals surface area contributed by atoms with Crippen LogP contribution in [0.15, 0.2) is 30.6 Å². The van der Waals surface area contributed by atoms with Crippen molar-refractivity contribution in [2.24, 2.45) is 29.6 Å². The van der Waals surface area contributed by atoms with E-state index in [1.807, 2.05) is 32.0 Å². The van der Waals surface area contributed by atoms with Crippen LogP contribution in [0, 0.1) is 29.6 Å². The number of ether oxygens (including phenoxy) is 8. The first-order valence-electron chi connectivity index (χ1n) is 27.3. The van der Waals surface area contributed by atoms with Gasteiger partial charge in [-0.2, -0.15) is 0 Å². The van der Waals surface area contributed by atoms with Crippen molar-refractivity contribution in [1.29, 1.82) is 0 Å². The van der Waals surface area contributed by atoms with Crippen LogP contribution in [0.3, 0.4) is 0 Å². The van der Waals surface area contributed by atoms with Crippen molar-refractivity contribution < 1.29 is 67.3 Å². The van der Waals surface area contributed by atoms with Gasteiger partial charge in [-0.3, -0.25) is 19.4 Å². The summed E-state index contributed by atoms with van der Waals surface area (Å²) in [5, 5.41) is 24.2. The summed E-state index contributed by atoms with van der Waals surface area (Å²) < 4.78 is 49.9. The fourth-order valence-electron chi connectivity index (χ4n) is 12.4. The van der Waals surface area contributed by atoms with Crippen LogP contribution in [0.4, 0.5) is 10.5 Å². The SMILES string of the molecule is CC[C@H]1OC(=O)[C@H](C)[C@@H](O)[C@H](C)[C@@H](O[C@@H]2O[C@H](C)C[C@H](N(C)C(=O)N3CCOCC3)[C@H]2O)[C@](C)(OC)C[C@@H](C)C(=O)C(C)[C@H]2C(SCCN(Cc3c(Cl)cncc3Cl)c3ccc(OC)c(OC4CCCC4)c3)C(=O)O[C@@]21C. The molecule has 2 N–H and O–H groups in total. The van der Waals surface area contributed by atoms with Gasteiger partial charge in [0.05, 0.1) is 72.3 Å². The molecule has 1 aliphatic carbocycles. The number of aromatic nitrogens is 1. The Morgan fingerprint density at radius 1 is 0.948 bits per heavy atom. The average molecular weight is 1140 g/mol. The van der Waals surface area contributed by atoms with E-state index in [9.17, 15) is 24.6 Å². The number of carbonyl (C=O) groups excluding carboxylic acids is 4. The van der Waals surface area contributed by atoms with Gasteiger partial charge in [-0.25, -0.2) is 4.79 Å². The number of hydrogen-bond acceptors (Lipinski definition) is 17. The summed E-state index contributed by atoms with van der Waals surface area (Å²) in [7, 11) is 4.74. The number of methoxy groups -OCH3 is 2. The Bertz CT molecular complexity index is 2340. The van der Waals surface area contributed by atoms with Gasteiger partial charge in [0.1, 0.15) is 23.2 Å². The number of Topliss-reactive ketones (excluding diaryl/α,β-unsaturated/α-hetero) is 1. The minimum atomic E-state index is -1.46. The molecule has 1 saturated carbocycles. The third-order valence-electron chi connectivity index (χ3n) is 17.0. The fraction of sp³-hybridized carbons (Fsp3) is 0.732. The highest BCUT2D eigenvalue weighted by molar-refractivity contribution is 8.00. The number of hydrogen-bond donors (Lipinski definition) is 2. The van der Waals surface area contributed by atoms with Gasteiger partial charge in [0.25, 0.3) is 0 Å². The molecular formula is C56H82Cl2N4O14S. The number of ketones is 1. The van der Waals surface area contributed by atoms with Crippen LogP contribution in [0.25, 0.3) is 0 Å². The van der Waals surface area contributed by atoms with Crippen LogP contribution in [0.1, 0.15) is 106 Å². The molecule has 18 nitrogen and oxygen atoms in total. The number of rotatable bonds is 15. The number of amides is 2. The van der Waals surface area contributed by atoms with Crippen molar-refractivity contribution in [2.45, 2.75) is 172 Å². The van der Waals surface area contributed by atoms with Crippen molar-refractivity contribution in [1.82, 2.24) is 14.8 Å². The Morgan fingerprint density at radius 3 is 2.26 bits per heavy atom. The molecule has 7 rings (SSSR count). The number of benzene rings is 1. The van der Waals surface area contributed by atoms with Crippen molar-refractivity contribution in [3.05, 3.63) is 46.2 Å². The van der Waals surface area contributed by atoms with E-state index in [0.29, 0.717) is 72.1 Å². The smallest absolute Gasteiger partial charge is 0.320 e. The second-order valence-corrected chi connectivity index (χ2v) is 24.3. The molecule has 2 amide bonds. The summed E-state index contributed by atoms with van der Waals surface area (Å²) in [5.41, 5.74) is -1.34. The largest absolute Gasteiger partial charge is 0.493 e. The highest BCUT2D eigenvalue weighted by Gasteiger charge is 2.62. The molecule has 15 atom stereocenters. The zero-order valence-electron chi connectivity index (χ0n) is 46.6. The first-order valence-corrected chi connectivity index (χ1v) is 29.2. The lowest BCUT2D eigenvalue weighted by atomic mass is 9.70. The molecule has 4 saturated heterocycles. The standard InChI is InChI=1S/C56H82Cl2N4O14S/c1-12-44-56(8)45(49(52(67)76-56)77-24-21-62(30-38-39(57)28-59-29-40(38)58)36-17-18-42(69-10)43(26-36)73-37-15-13-14-16-37)33(4)46(63)31(2)27-55(7,70-11)50(34(5)47(64)35(6)51(66)74-44)75-53-48(65)41(25-32(3)72-53)60(9)54(68)61-19-22-71-23-20-61/h17-18,26,28-29,31-35,37,41,44-45,47-50,53,64-65H,12-16,19-25,27,30H2,1-11H3/t31-,32-,33?,34+,35-,41+,44-,45+,47+,48-,49?,50-,53+,55-,56-/m1/s1. The number of nitrogens with zero attached hydrogens (tertiary/aromatic N) is 4. The van der Waals surface area contributed by atoms with Crippen molar-refractivity contribution in [3.63, 3.8) is 0 Å². The van der Waals surface area contributed by atoms with Crippen LogP contribution in [-0.2, 0) is 49.3 Å². The number of anilines is 1.